The number of rotatable bonds is 49. The molecule has 12 heteroatoms. The number of aliphatic hydroxyl groups excluding tert-OH is 1. The predicted octanol–water partition coefficient (Wildman–Crippen LogP) is 15.4. The first-order valence-corrected chi connectivity index (χ1v) is 28.3. The third kappa shape index (κ3) is 48.0. The van der Waals surface area contributed by atoms with Gasteiger partial charge in [-0.1, -0.05) is 177 Å². The second-order valence-electron chi connectivity index (χ2n) is 17.7. The molecule has 3 atom stereocenters. The van der Waals surface area contributed by atoms with Gasteiger partial charge in [0.05, 0.1) is 19.8 Å². The maximum absolute atomic E-state index is 12.9. The third-order valence-electron chi connectivity index (χ3n) is 11.0. The van der Waals surface area contributed by atoms with E-state index in [0.29, 0.717) is 19.3 Å². The second-order valence-corrected chi connectivity index (χ2v) is 19.1. The zero-order chi connectivity index (χ0) is 49.9. The van der Waals surface area contributed by atoms with Gasteiger partial charge in [-0.05, 0) is 103 Å². The molecular weight excluding hydrogens is 880 g/mol. The van der Waals surface area contributed by atoms with Gasteiger partial charge < -0.3 is 24.2 Å². The van der Waals surface area contributed by atoms with Gasteiger partial charge in [0, 0.05) is 19.3 Å². The molecule has 0 fully saturated rings. The molecular formula is C56H97O11P. The number of hydrogen-bond acceptors (Lipinski definition) is 10. The molecule has 392 valence electrons. The number of ether oxygens (including phenoxy) is 3. The van der Waals surface area contributed by atoms with Crippen LogP contribution in [0.15, 0.2) is 72.9 Å². The Morgan fingerprint density at radius 3 is 1.15 bits per heavy atom. The average molecular weight is 977 g/mol. The highest BCUT2D eigenvalue weighted by atomic mass is 31.2. The largest absolute Gasteiger partial charge is 0.472 e. The van der Waals surface area contributed by atoms with Crippen molar-refractivity contribution in [2.75, 3.05) is 26.4 Å². The fourth-order valence-electron chi connectivity index (χ4n) is 6.93. The summed E-state index contributed by atoms with van der Waals surface area (Å²) in [5.74, 6) is -1.51. The van der Waals surface area contributed by atoms with Crippen LogP contribution in [0, 0.1) is 0 Å². The molecule has 68 heavy (non-hydrogen) atoms. The zero-order valence-electron chi connectivity index (χ0n) is 43.1. The minimum Gasteiger partial charge on any atom is -0.462 e. The van der Waals surface area contributed by atoms with Crippen molar-refractivity contribution in [1.29, 1.82) is 0 Å². The SMILES string of the molecule is CCC/C=C\C/C=C\CCCCCCCC(=O)OC(CO)COP(=O)(O)OCC(COC(=O)CCCCCCC/C=C\C/C=C\CCCCC)OC(=O)CCCCCCC/C=C\C/C=C\CCC. The van der Waals surface area contributed by atoms with E-state index in [0.717, 1.165) is 148 Å². The number of esters is 3. The lowest BCUT2D eigenvalue weighted by Gasteiger charge is -2.21. The van der Waals surface area contributed by atoms with Gasteiger partial charge in [0.1, 0.15) is 12.7 Å². The third-order valence-corrected chi connectivity index (χ3v) is 12.0. The molecule has 0 saturated carbocycles. The van der Waals surface area contributed by atoms with E-state index in [4.69, 9.17) is 23.3 Å². The van der Waals surface area contributed by atoms with E-state index in [2.05, 4.69) is 93.7 Å². The Morgan fingerprint density at radius 1 is 0.412 bits per heavy atom. The Bertz CT molecular complexity index is 1420. The molecule has 0 amide bonds. The normalized spacial score (nSPS) is 14.0. The molecule has 0 aliphatic carbocycles. The standard InChI is InChI=1S/C56H97O11P/c1-4-7-10-13-16-19-22-25-26-29-30-33-36-39-42-45-54(58)63-49-53(67-56(60)47-44-41-38-35-32-28-24-21-18-15-12-9-6-3)51-65-68(61,62)64-50-52(48-57)66-55(59)46-43-40-37-34-31-27-23-20-17-14-11-8-5-2/h11-12,14-16,19-21,23-26,52-53,57H,4-10,13,17-18,22,27-51H2,1-3H3,(H,61,62)/b14-11-,15-12-,19-16-,23-20-,24-21-,26-25-. The van der Waals surface area contributed by atoms with Crippen LogP contribution >= 0.6 is 7.82 Å². The molecule has 0 aliphatic heterocycles. The Balaban J connectivity index is 4.78. The van der Waals surface area contributed by atoms with E-state index >= 15 is 0 Å². The summed E-state index contributed by atoms with van der Waals surface area (Å²) in [7, 11) is -4.75. The molecule has 0 rings (SSSR count). The average Bonchev–Trinajstić information content (AvgIpc) is 3.32. The van der Waals surface area contributed by atoms with E-state index in [-0.39, 0.29) is 25.9 Å². The Kier molecular flexibility index (Phi) is 48.0. The van der Waals surface area contributed by atoms with Gasteiger partial charge in [-0.2, -0.15) is 0 Å². The summed E-state index contributed by atoms with van der Waals surface area (Å²) in [5, 5.41) is 9.78. The molecule has 0 radical (unpaired) electrons. The van der Waals surface area contributed by atoms with Crippen molar-refractivity contribution in [2.24, 2.45) is 0 Å². The minimum absolute atomic E-state index is 0.145. The van der Waals surface area contributed by atoms with Crippen molar-refractivity contribution >= 4 is 25.7 Å². The van der Waals surface area contributed by atoms with Crippen LogP contribution in [-0.4, -0.2) is 66.5 Å². The van der Waals surface area contributed by atoms with Crippen molar-refractivity contribution in [3.63, 3.8) is 0 Å². The van der Waals surface area contributed by atoms with Crippen LogP contribution in [0.5, 0.6) is 0 Å². The van der Waals surface area contributed by atoms with Gasteiger partial charge in [0.15, 0.2) is 6.10 Å². The first-order chi connectivity index (χ1) is 33.2. The molecule has 0 spiro atoms. The minimum atomic E-state index is -4.75. The van der Waals surface area contributed by atoms with Crippen LogP contribution in [0.1, 0.15) is 226 Å². The summed E-state index contributed by atoms with van der Waals surface area (Å²) < 4.78 is 39.4. The number of allylic oxidation sites excluding steroid dienone is 12. The maximum Gasteiger partial charge on any atom is 0.472 e. The Morgan fingerprint density at radius 2 is 0.750 bits per heavy atom. The number of unbranched alkanes of at least 4 members (excludes halogenated alkanes) is 20. The van der Waals surface area contributed by atoms with Gasteiger partial charge in [0.2, 0.25) is 0 Å². The summed E-state index contributed by atoms with van der Waals surface area (Å²) in [6.45, 7) is 4.43. The molecule has 0 aromatic carbocycles. The quantitative estimate of drug-likeness (QED) is 0.0197. The summed E-state index contributed by atoms with van der Waals surface area (Å²) >= 11 is 0. The second kappa shape index (κ2) is 50.3. The molecule has 3 unspecified atom stereocenters. The van der Waals surface area contributed by atoms with Crippen LogP contribution < -0.4 is 0 Å². The highest BCUT2D eigenvalue weighted by Crippen LogP contribution is 2.43. The van der Waals surface area contributed by atoms with Crippen LogP contribution in [0.4, 0.5) is 0 Å². The molecule has 0 bridgehead atoms. The Labute approximate surface area is 414 Å². The van der Waals surface area contributed by atoms with E-state index in [1.54, 1.807) is 0 Å². The van der Waals surface area contributed by atoms with E-state index < -0.39 is 57.8 Å². The molecule has 0 aromatic heterocycles. The lowest BCUT2D eigenvalue weighted by Crippen LogP contribution is -2.30. The van der Waals surface area contributed by atoms with Gasteiger partial charge in [-0.15, -0.1) is 0 Å². The van der Waals surface area contributed by atoms with Crippen LogP contribution in [0.25, 0.3) is 0 Å². The lowest BCUT2D eigenvalue weighted by atomic mass is 10.1. The molecule has 0 heterocycles. The maximum atomic E-state index is 12.9. The fraction of sp³-hybridized carbons (Fsp3) is 0.732. The Hall–Kier alpha value is -3.08. The van der Waals surface area contributed by atoms with Crippen molar-refractivity contribution in [1.82, 2.24) is 0 Å². The van der Waals surface area contributed by atoms with E-state index in [1.807, 2.05) is 0 Å². The number of phosphoric ester groups is 1. The van der Waals surface area contributed by atoms with Gasteiger partial charge >= 0.3 is 25.7 Å². The van der Waals surface area contributed by atoms with E-state index in [9.17, 15) is 28.9 Å². The predicted molar refractivity (Wildman–Crippen MR) is 279 cm³/mol. The lowest BCUT2D eigenvalue weighted by molar-refractivity contribution is -0.161. The number of phosphoric acid groups is 1. The smallest absolute Gasteiger partial charge is 0.462 e. The summed E-state index contributed by atoms with van der Waals surface area (Å²) in [5.41, 5.74) is 0. The number of aliphatic hydroxyl groups is 1. The van der Waals surface area contributed by atoms with Crippen molar-refractivity contribution in [3.05, 3.63) is 72.9 Å². The summed E-state index contributed by atoms with van der Waals surface area (Å²) in [6, 6.07) is 0. The van der Waals surface area contributed by atoms with Crippen LogP contribution in [-0.2, 0) is 42.2 Å². The molecule has 0 aromatic rings. The molecule has 11 nitrogen and oxygen atoms in total. The fourth-order valence-corrected chi connectivity index (χ4v) is 7.71. The molecule has 0 saturated heterocycles. The van der Waals surface area contributed by atoms with Gasteiger partial charge in [-0.25, -0.2) is 4.57 Å². The first kappa shape index (κ1) is 64.9. The highest BCUT2D eigenvalue weighted by Gasteiger charge is 2.28. The van der Waals surface area contributed by atoms with Crippen LogP contribution in [0.3, 0.4) is 0 Å². The first-order valence-electron chi connectivity index (χ1n) is 26.8. The van der Waals surface area contributed by atoms with Crippen molar-refractivity contribution in [3.8, 4) is 0 Å². The summed E-state index contributed by atoms with van der Waals surface area (Å²) in [6.07, 6.45) is 54.3. The number of carbonyl (C=O) groups excluding carboxylic acids is 3. The topological polar surface area (TPSA) is 155 Å². The molecule has 2 N–H and O–H groups in total. The van der Waals surface area contributed by atoms with Crippen molar-refractivity contribution in [2.45, 2.75) is 238 Å². The van der Waals surface area contributed by atoms with Crippen molar-refractivity contribution < 1.29 is 52.2 Å². The van der Waals surface area contributed by atoms with Gasteiger partial charge in [0.25, 0.3) is 0 Å². The zero-order valence-corrected chi connectivity index (χ0v) is 43.9. The summed E-state index contributed by atoms with van der Waals surface area (Å²) in [4.78, 5) is 48.4. The van der Waals surface area contributed by atoms with E-state index in [1.165, 1.54) is 19.3 Å². The monoisotopic (exact) mass is 977 g/mol. The molecule has 0 aliphatic rings. The number of carbonyl (C=O) groups is 3. The van der Waals surface area contributed by atoms with Gasteiger partial charge in [-0.3, -0.25) is 23.4 Å². The van der Waals surface area contributed by atoms with Crippen LogP contribution in [0.2, 0.25) is 0 Å². The highest BCUT2D eigenvalue weighted by molar-refractivity contribution is 7.47. The number of hydrogen-bond donors (Lipinski definition) is 2.